The van der Waals surface area contributed by atoms with Gasteiger partial charge >= 0.3 is 0 Å². The maximum Gasteiger partial charge on any atom is 0.251 e. The highest BCUT2D eigenvalue weighted by atomic mass is 32.2. The van der Waals surface area contributed by atoms with E-state index in [1.54, 1.807) is 18.2 Å². The fourth-order valence-corrected chi connectivity index (χ4v) is 3.67. The minimum absolute atomic E-state index is 0.138. The molecule has 6 nitrogen and oxygen atoms in total. The molecule has 0 atom stereocenters. The first-order valence-corrected chi connectivity index (χ1v) is 9.75. The van der Waals surface area contributed by atoms with Crippen LogP contribution < -0.4 is 9.62 Å². The number of anilines is 1. The van der Waals surface area contributed by atoms with Crippen LogP contribution in [0.3, 0.4) is 0 Å². The maximum atomic E-state index is 12.2. The quantitative estimate of drug-likeness (QED) is 0.764. The van der Waals surface area contributed by atoms with Gasteiger partial charge < -0.3 is 10.1 Å². The number of nitrogens with zero attached hydrogens (tertiary/aromatic N) is 1. The van der Waals surface area contributed by atoms with Crippen molar-refractivity contribution in [3.8, 4) is 0 Å². The van der Waals surface area contributed by atoms with Gasteiger partial charge in [-0.2, -0.15) is 0 Å². The van der Waals surface area contributed by atoms with Crippen LogP contribution in [0.4, 0.5) is 5.69 Å². The van der Waals surface area contributed by atoms with E-state index in [9.17, 15) is 13.2 Å². The van der Waals surface area contributed by atoms with Crippen LogP contribution in [0.1, 0.15) is 35.7 Å². The van der Waals surface area contributed by atoms with Gasteiger partial charge in [0.2, 0.25) is 10.0 Å². The molecule has 1 aromatic rings. The van der Waals surface area contributed by atoms with Crippen LogP contribution in [0.25, 0.3) is 0 Å². The Bertz CT molecular complexity index is 658. The second kappa shape index (κ2) is 7.79. The van der Waals surface area contributed by atoms with Gasteiger partial charge in [0, 0.05) is 31.9 Å². The zero-order valence-corrected chi connectivity index (χ0v) is 14.5. The molecule has 1 aliphatic heterocycles. The largest absolute Gasteiger partial charge is 0.382 e. The van der Waals surface area contributed by atoms with E-state index in [2.05, 4.69) is 5.32 Å². The maximum absolute atomic E-state index is 12.2. The minimum atomic E-state index is -3.28. The Labute approximate surface area is 137 Å². The Morgan fingerprint density at radius 3 is 2.87 bits per heavy atom. The number of hydrogen-bond donors (Lipinski definition) is 1. The molecule has 0 unspecified atom stereocenters. The Hall–Kier alpha value is -1.60. The van der Waals surface area contributed by atoms with Gasteiger partial charge in [0.15, 0.2) is 0 Å². The van der Waals surface area contributed by atoms with Gasteiger partial charge in [0.05, 0.1) is 11.9 Å². The average Bonchev–Trinajstić information content (AvgIpc) is 2.52. The monoisotopic (exact) mass is 340 g/mol. The summed E-state index contributed by atoms with van der Waals surface area (Å²) in [6, 6.07) is 5.20. The van der Waals surface area contributed by atoms with Gasteiger partial charge in [-0.15, -0.1) is 0 Å². The molecule has 0 fully saturated rings. The highest BCUT2D eigenvalue weighted by Gasteiger charge is 2.24. The van der Waals surface area contributed by atoms with Gasteiger partial charge in [0.25, 0.3) is 5.91 Å². The van der Waals surface area contributed by atoms with E-state index in [-0.39, 0.29) is 5.91 Å². The van der Waals surface area contributed by atoms with Gasteiger partial charge in [-0.1, -0.05) is 0 Å². The molecule has 1 aromatic carbocycles. The molecule has 23 heavy (non-hydrogen) atoms. The number of carbonyl (C=O) groups excluding carboxylic acids is 1. The molecular weight excluding hydrogens is 316 g/mol. The molecule has 0 radical (unpaired) electrons. The standard InChI is InChI=1S/C16H24N2O4S/c1-3-22-11-5-9-17-16(19)14-7-8-15-13(12-14)6-4-10-18(15)23(2,20)21/h7-8,12H,3-6,9-11H2,1-2H3,(H,17,19). The van der Waals surface area contributed by atoms with Crippen LogP contribution in [-0.4, -0.2) is 46.9 Å². The van der Waals surface area contributed by atoms with E-state index in [4.69, 9.17) is 4.74 Å². The summed E-state index contributed by atoms with van der Waals surface area (Å²) in [4.78, 5) is 12.2. The molecule has 0 saturated carbocycles. The number of rotatable bonds is 7. The van der Waals surface area contributed by atoms with E-state index in [1.807, 2.05) is 6.92 Å². The summed E-state index contributed by atoms with van der Waals surface area (Å²) in [6.07, 6.45) is 3.53. The summed E-state index contributed by atoms with van der Waals surface area (Å²) in [5.41, 5.74) is 2.16. The Kier molecular flexibility index (Phi) is 6.01. The molecule has 0 saturated heterocycles. The third kappa shape index (κ3) is 4.68. The third-order valence-corrected chi connectivity index (χ3v) is 4.95. The SMILES string of the molecule is CCOCCCNC(=O)c1ccc2c(c1)CCCN2S(C)(=O)=O. The van der Waals surface area contributed by atoms with E-state index < -0.39 is 10.0 Å². The second-order valence-electron chi connectivity index (χ2n) is 5.59. The molecule has 0 spiro atoms. The molecule has 128 valence electrons. The molecule has 2 rings (SSSR count). The first kappa shape index (κ1) is 17.7. The summed E-state index contributed by atoms with van der Waals surface area (Å²) >= 11 is 0. The van der Waals surface area contributed by atoms with Crippen molar-refractivity contribution in [3.63, 3.8) is 0 Å². The molecule has 1 amide bonds. The average molecular weight is 340 g/mol. The smallest absolute Gasteiger partial charge is 0.251 e. The predicted molar refractivity (Wildman–Crippen MR) is 90.4 cm³/mol. The van der Waals surface area contributed by atoms with Crippen molar-refractivity contribution in [1.29, 1.82) is 0 Å². The molecule has 0 aliphatic carbocycles. The summed E-state index contributed by atoms with van der Waals surface area (Å²) in [5.74, 6) is -0.138. The Morgan fingerprint density at radius 1 is 1.39 bits per heavy atom. The number of hydrogen-bond acceptors (Lipinski definition) is 4. The Morgan fingerprint density at radius 2 is 2.17 bits per heavy atom. The fourth-order valence-electron chi connectivity index (χ4n) is 2.67. The van der Waals surface area contributed by atoms with E-state index >= 15 is 0 Å². The van der Waals surface area contributed by atoms with Crippen LogP contribution >= 0.6 is 0 Å². The van der Waals surface area contributed by atoms with E-state index in [0.29, 0.717) is 37.6 Å². The highest BCUT2D eigenvalue weighted by Crippen LogP contribution is 2.29. The fraction of sp³-hybridized carbons (Fsp3) is 0.562. The summed E-state index contributed by atoms with van der Waals surface area (Å²) in [7, 11) is -3.28. The number of carbonyl (C=O) groups is 1. The molecule has 7 heteroatoms. The molecule has 1 heterocycles. The number of nitrogens with one attached hydrogen (secondary N) is 1. The molecular formula is C16H24N2O4S. The van der Waals surface area contributed by atoms with Crippen molar-refractivity contribution in [2.75, 3.05) is 36.9 Å². The first-order chi connectivity index (χ1) is 10.9. The first-order valence-electron chi connectivity index (χ1n) is 7.90. The van der Waals surface area contributed by atoms with Crippen molar-refractivity contribution in [2.24, 2.45) is 0 Å². The predicted octanol–water partition coefficient (Wildman–Crippen LogP) is 1.56. The zero-order valence-electron chi connectivity index (χ0n) is 13.7. The number of benzene rings is 1. The number of aryl methyl sites for hydroxylation is 1. The topological polar surface area (TPSA) is 75.7 Å². The number of ether oxygens (including phenoxy) is 1. The van der Waals surface area contributed by atoms with Gasteiger partial charge in [-0.25, -0.2) is 8.42 Å². The number of amides is 1. The van der Waals surface area contributed by atoms with Crippen molar-refractivity contribution in [1.82, 2.24) is 5.32 Å². The molecule has 1 aliphatic rings. The minimum Gasteiger partial charge on any atom is -0.382 e. The van der Waals surface area contributed by atoms with Crippen molar-refractivity contribution in [3.05, 3.63) is 29.3 Å². The lowest BCUT2D eigenvalue weighted by molar-refractivity contribution is 0.0944. The van der Waals surface area contributed by atoms with Crippen LogP contribution in [0.5, 0.6) is 0 Å². The van der Waals surface area contributed by atoms with Crippen LogP contribution in [-0.2, 0) is 21.2 Å². The van der Waals surface area contributed by atoms with Crippen LogP contribution in [0.15, 0.2) is 18.2 Å². The number of sulfonamides is 1. The lowest BCUT2D eigenvalue weighted by Crippen LogP contribution is -2.34. The second-order valence-corrected chi connectivity index (χ2v) is 7.50. The summed E-state index contributed by atoms with van der Waals surface area (Å²) < 4.78 is 30.3. The van der Waals surface area contributed by atoms with Crippen molar-refractivity contribution in [2.45, 2.75) is 26.2 Å². The van der Waals surface area contributed by atoms with Gasteiger partial charge in [0.1, 0.15) is 0 Å². The molecule has 0 aromatic heterocycles. The van der Waals surface area contributed by atoms with E-state index in [0.717, 1.165) is 24.8 Å². The summed E-state index contributed by atoms with van der Waals surface area (Å²) in [5, 5.41) is 2.86. The van der Waals surface area contributed by atoms with Crippen molar-refractivity contribution >= 4 is 21.6 Å². The number of fused-ring (bicyclic) bond motifs is 1. The highest BCUT2D eigenvalue weighted by molar-refractivity contribution is 7.92. The molecule has 1 N–H and O–H groups in total. The Balaban J connectivity index is 2.04. The van der Waals surface area contributed by atoms with Crippen LogP contribution in [0.2, 0.25) is 0 Å². The van der Waals surface area contributed by atoms with Gasteiger partial charge in [-0.05, 0) is 49.9 Å². The van der Waals surface area contributed by atoms with E-state index in [1.165, 1.54) is 10.6 Å². The van der Waals surface area contributed by atoms with Gasteiger partial charge in [-0.3, -0.25) is 9.10 Å². The molecule has 0 bridgehead atoms. The van der Waals surface area contributed by atoms with Crippen molar-refractivity contribution < 1.29 is 17.9 Å². The lowest BCUT2D eigenvalue weighted by Gasteiger charge is -2.29. The van der Waals surface area contributed by atoms with Crippen LogP contribution in [0, 0.1) is 0 Å². The normalized spacial score (nSPS) is 14.4. The summed E-state index contributed by atoms with van der Waals surface area (Å²) in [6.45, 7) is 4.30. The lowest BCUT2D eigenvalue weighted by atomic mass is 10.0. The third-order valence-electron chi connectivity index (χ3n) is 3.77. The zero-order chi connectivity index (χ0) is 16.9.